The molecule has 8 rings (SSSR count). The molecule has 0 aliphatic carbocycles. The molecule has 0 unspecified atom stereocenters. The summed E-state index contributed by atoms with van der Waals surface area (Å²) in [4.78, 5) is 25.1. The van der Waals surface area contributed by atoms with Gasteiger partial charge in [0, 0.05) is 12.4 Å². The van der Waals surface area contributed by atoms with Crippen LogP contribution in [0.1, 0.15) is 32.9 Å². The van der Waals surface area contributed by atoms with Crippen LogP contribution in [-0.4, -0.2) is 28.5 Å². The number of carbonyl (C=O) groups is 1. The monoisotopic (exact) mass is 463 g/mol. The van der Waals surface area contributed by atoms with Crippen LogP contribution < -0.4 is 9.47 Å². The van der Waals surface area contributed by atoms with Crippen molar-refractivity contribution in [2.24, 2.45) is 9.98 Å². The summed E-state index contributed by atoms with van der Waals surface area (Å²) in [5.74, 6) is 0.372. The molecule has 35 heavy (non-hydrogen) atoms. The van der Waals surface area contributed by atoms with Crippen LogP contribution in [0.4, 0.5) is 11.4 Å². The lowest BCUT2D eigenvalue weighted by Crippen LogP contribution is -2.03. The van der Waals surface area contributed by atoms with E-state index in [0.717, 1.165) is 22.5 Å². The first-order valence-corrected chi connectivity index (χ1v) is 11.0. The van der Waals surface area contributed by atoms with Gasteiger partial charge in [0.2, 0.25) is 0 Å². The van der Waals surface area contributed by atoms with Gasteiger partial charge >= 0.3 is 5.97 Å². The van der Waals surface area contributed by atoms with E-state index in [1.165, 1.54) is 12.1 Å². The second kappa shape index (κ2) is 10.0. The fraction of sp³-hybridized carbons (Fsp3) is 0.0714. The lowest BCUT2D eigenvalue weighted by atomic mass is 10.1. The summed E-state index contributed by atoms with van der Waals surface area (Å²) in [6, 6.07) is 25.5. The number of carboxylic acids is 1. The highest BCUT2D eigenvalue weighted by atomic mass is 16.5. The van der Waals surface area contributed by atoms with Gasteiger partial charge in [0.05, 0.1) is 28.3 Å². The number of pyridine rings is 1. The standard InChI is InChI=1S/C28H21N3O4/c32-28(33)21-12-24-14-25(13-21)30-16-20-6-10-27(11-7-20)35-18-23-3-1-2-22(31-23)17-34-26-8-4-19(5-9-26)15-29-24/h1-16H,17-18H2,(H,32,33). The first-order valence-electron chi connectivity index (χ1n) is 11.0. The highest BCUT2D eigenvalue weighted by Gasteiger charge is 2.07. The van der Waals surface area contributed by atoms with Crippen molar-refractivity contribution in [2.75, 3.05) is 0 Å². The van der Waals surface area contributed by atoms with Gasteiger partial charge in [0.1, 0.15) is 24.7 Å². The third-order valence-corrected chi connectivity index (χ3v) is 5.27. The van der Waals surface area contributed by atoms with Crippen molar-refractivity contribution in [1.29, 1.82) is 0 Å². The average molecular weight is 463 g/mol. The van der Waals surface area contributed by atoms with Crippen molar-refractivity contribution in [1.82, 2.24) is 4.98 Å². The van der Waals surface area contributed by atoms with Crippen LogP contribution in [-0.2, 0) is 13.2 Å². The molecule has 0 fully saturated rings. The maximum absolute atomic E-state index is 11.6. The Morgan fingerprint density at radius 1 is 0.686 bits per heavy atom. The first kappa shape index (κ1) is 22.0. The molecule has 1 N–H and O–H groups in total. The molecule has 5 heterocycles. The molecule has 4 aliphatic heterocycles. The van der Waals surface area contributed by atoms with E-state index in [4.69, 9.17) is 9.47 Å². The van der Waals surface area contributed by atoms with E-state index in [9.17, 15) is 9.90 Å². The number of aliphatic imine (C=N–C) groups is 2. The number of nitrogens with zero attached hydrogens (tertiary/aromatic N) is 3. The second-order valence-corrected chi connectivity index (χ2v) is 7.90. The fourth-order valence-electron chi connectivity index (χ4n) is 3.47. The van der Waals surface area contributed by atoms with Crippen molar-refractivity contribution in [3.63, 3.8) is 0 Å². The maximum Gasteiger partial charge on any atom is 0.335 e. The maximum atomic E-state index is 11.6. The Kier molecular flexibility index (Phi) is 6.30. The molecule has 4 aromatic rings. The quantitative estimate of drug-likeness (QED) is 0.388. The second-order valence-electron chi connectivity index (χ2n) is 7.90. The zero-order chi connectivity index (χ0) is 24.0. The number of rotatable bonds is 1. The minimum Gasteiger partial charge on any atom is -0.487 e. The SMILES string of the molecule is O=C(O)c1cc2cc(c1)N=Cc1ccc(cc1)OCc1cccc(n1)COc1ccc(cc1)C=N2. The van der Waals surface area contributed by atoms with E-state index in [0.29, 0.717) is 36.1 Å². The van der Waals surface area contributed by atoms with E-state index in [2.05, 4.69) is 15.0 Å². The normalized spacial score (nSPS) is 12.8. The van der Waals surface area contributed by atoms with E-state index >= 15 is 0 Å². The van der Waals surface area contributed by atoms with Crippen molar-refractivity contribution in [3.05, 3.63) is 113 Å². The van der Waals surface area contributed by atoms with Gasteiger partial charge < -0.3 is 14.6 Å². The average Bonchev–Trinajstić information content (AvgIpc) is 2.89. The molecule has 4 aliphatic rings. The fourth-order valence-corrected chi connectivity index (χ4v) is 3.47. The molecule has 0 saturated heterocycles. The molecular formula is C28H21N3O4. The van der Waals surface area contributed by atoms with Crippen LogP contribution >= 0.6 is 0 Å². The Hall–Kier alpha value is -4.78. The summed E-state index contributed by atoms with van der Waals surface area (Å²) in [6.45, 7) is 0.667. The molecule has 1 aromatic heterocycles. The summed E-state index contributed by atoms with van der Waals surface area (Å²) in [6.07, 6.45) is 3.35. The van der Waals surface area contributed by atoms with Crippen molar-refractivity contribution in [3.8, 4) is 11.5 Å². The van der Waals surface area contributed by atoms with E-state index < -0.39 is 5.97 Å². The van der Waals surface area contributed by atoms with Gasteiger partial charge in [-0.1, -0.05) is 6.07 Å². The van der Waals surface area contributed by atoms with Gasteiger partial charge in [-0.25, -0.2) is 4.79 Å². The van der Waals surface area contributed by atoms with Gasteiger partial charge in [-0.2, -0.15) is 0 Å². The van der Waals surface area contributed by atoms with Gasteiger partial charge in [-0.05, 0) is 90.0 Å². The van der Waals surface area contributed by atoms with E-state index in [1.54, 1.807) is 18.5 Å². The highest BCUT2D eigenvalue weighted by Crippen LogP contribution is 2.25. The number of ether oxygens (including phenoxy) is 2. The Labute approximate surface area is 202 Å². The van der Waals surface area contributed by atoms with Crippen LogP contribution in [0.5, 0.6) is 11.5 Å². The zero-order valence-electron chi connectivity index (χ0n) is 18.7. The summed E-state index contributed by atoms with van der Waals surface area (Å²) in [7, 11) is 0. The largest absolute Gasteiger partial charge is 0.487 e. The Morgan fingerprint density at radius 3 is 1.63 bits per heavy atom. The number of hydrogen-bond donors (Lipinski definition) is 1. The zero-order valence-corrected chi connectivity index (χ0v) is 18.7. The van der Waals surface area contributed by atoms with Gasteiger partial charge in [-0.15, -0.1) is 0 Å². The Morgan fingerprint density at radius 2 is 1.17 bits per heavy atom. The van der Waals surface area contributed by atoms with Crippen molar-refractivity contribution >= 4 is 29.8 Å². The molecule has 7 nitrogen and oxygen atoms in total. The topological polar surface area (TPSA) is 93.4 Å². The number of aromatic nitrogens is 1. The summed E-state index contributed by atoms with van der Waals surface area (Å²) >= 11 is 0. The number of aromatic carboxylic acids is 1. The third kappa shape index (κ3) is 5.78. The molecule has 0 saturated carbocycles. The van der Waals surface area contributed by atoms with Crippen LogP contribution in [0.25, 0.3) is 0 Å². The molecule has 0 amide bonds. The smallest absolute Gasteiger partial charge is 0.335 e. The predicted octanol–water partition coefficient (Wildman–Crippen LogP) is 5.75. The first-order chi connectivity index (χ1) is 17.1. The summed E-state index contributed by atoms with van der Waals surface area (Å²) in [5, 5.41) is 9.50. The van der Waals surface area contributed by atoms with Gasteiger partial charge in [0.15, 0.2) is 0 Å². The van der Waals surface area contributed by atoms with E-state index in [-0.39, 0.29) is 5.56 Å². The molecule has 0 spiro atoms. The highest BCUT2D eigenvalue weighted by molar-refractivity contribution is 5.91. The molecule has 172 valence electrons. The number of carboxylic acid groups (broad SMARTS) is 1. The molecular weight excluding hydrogens is 442 g/mol. The molecule has 7 heteroatoms. The van der Waals surface area contributed by atoms with Crippen LogP contribution in [0.3, 0.4) is 0 Å². The van der Waals surface area contributed by atoms with Crippen molar-refractivity contribution < 1.29 is 19.4 Å². The number of hydrogen-bond acceptors (Lipinski definition) is 6. The van der Waals surface area contributed by atoms with Crippen molar-refractivity contribution in [2.45, 2.75) is 13.2 Å². The molecule has 0 atom stereocenters. The lowest BCUT2D eigenvalue weighted by Gasteiger charge is -2.09. The molecule has 3 aromatic carbocycles. The Balaban J connectivity index is 1.50. The molecule has 8 bridgehead atoms. The summed E-state index contributed by atoms with van der Waals surface area (Å²) in [5.41, 5.74) is 4.42. The molecule has 0 radical (unpaired) electrons. The summed E-state index contributed by atoms with van der Waals surface area (Å²) < 4.78 is 11.8. The predicted molar refractivity (Wildman–Crippen MR) is 134 cm³/mol. The minimum absolute atomic E-state index is 0.116. The van der Waals surface area contributed by atoms with Crippen LogP contribution in [0.15, 0.2) is 94.9 Å². The van der Waals surface area contributed by atoms with Crippen LogP contribution in [0, 0.1) is 0 Å². The van der Waals surface area contributed by atoms with Gasteiger partial charge in [0.25, 0.3) is 0 Å². The third-order valence-electron chi connectivity index (χ3n) is 5.27. The Bertz CT molecular complexity index is 1320. The van der Waals surface area contributed by atoms with Gasteiger partial charge in [-0.3, -0.25) is 15.0 Å². The number of benzene rings is 3. The lowest BCUT2D eigenvalue weighted by molar-refractivity contribution is 0.0697. The van der Waals surface area contributed by atoms with Crippen LogP contribution in [0.2, 0.25) is 0 Å². The van der Waals surface area contributed by atoms with E-state index in [1.807, 2.05) is 66.7 Å². The minimum atomic E-state index is -1.04.